The fourth-order valence-corrected chi connectivity index (χ4v) is 3.36. The SMILES string of the molecule is O=C(NC1CCCCC1)c1cc(Nc2cc(Cl)cc(Cl)c2)ncn1. The maximum atomic E-state index is 12.4. The summed E-state index contributed by atoms with van der Waals surface area (Å²) in [5, 5.41) is 7.17. The largest absolute Gasteiger partial charge is 0.348 e. The van der Waals surface area contributed by atoms with Crippen LogP contribution in [0.1, 0.15) is 42.6 Å². The summed E-state index contributed by atoms with van der Waals surface area (Å²) < 4.78 is 0. The van der Waals surface area contributed by atoms with Crippen LogP contribution in [0.4, 0.5) is 11.5 Å². The van der Waals surface area contributed by atoms with Gasteiger partial charge in [0.25, 0.3) is 5.91 Å². The van der Waals surface area contributed by atoms with Crippen LogP contribution in [0.5, 0.6) is 0 Å². The van der Waals surface area contributed by atoms with Gasteiger partial charge in [-0.3, -0.25) is 4.79 Å². The van der Waals surface area contributed by atoms with E-state index < -0.39 is 0 Å². The lowest BCUT2D eigenvalue weighted by Crippen LogP contribution is -2.36. The van der Waals surface area contributed by atoms with Gasteiger partial charge in [0.15, 0.2) is 0 Å². The fraction of sp³-hybridized carbons (Fsp3) is 0.353. The summed E-state index contributed by atoms with van der Waals surface area (Å²) in [5.41, 5.74) is 1.04. The topological polar surface area (TPSA) is 66.9 Å². The van der Waals surface area contributed by atoms with Crippen LogP contribution in [0.15, 0.2) is 30.6 Å². The maximum absolute atomic E-state index is 12.4. The monoisotopic (exact) mass is 364 g/mol. The maximum Gasteiger partial charge on any atom is 0.270 e. The third kappa shape index (κ3) is 4.58. The van der Waals surface area contributed by atoms with Gasteiger partial charge in [0, 0.05) is 27.8 Å². The van der Waals surface area contributed by atoms with E-state index >= 15 is 0 Å². The minimum absolute atomic E-state index is 0.170. The van der Waals surface area contributed by atoms with E-state index in [4.69, 9.17) is 23.2 Å². The molecule has 2 aromatic rings. The van der Waals surface area contributed by atoms with Gasteiger partial charge in [-0.05, 0) is 31.0 Å². The quantitative estimate of drug-likeness (QED) is 0.832. The fourth-order valence-electron chi connectivity index (χ4n) is 2.83. The molecule has 3 rings (SSSR count). The van der Waals surface area contributed by atoms with Crippen molar-refractivity contribution in [2.75, 3.05) is 5.32 Å². The molecule has 1 aliphatic rings. The molecule has 0 bridgehead atoms. The van der Waals surface area contributed by atoms with Gasteiger partial charge in [0.1, 0.15) is 17.8 Å². The number of hydrogen-bond donors (Lipinski definition) is 2. The van der Waals surface area contributed by atoms with Crippen molar-refractivity contribution in [3.8, 4) is 0 Å². The second-order valence-electron chi connectivity index (χ2n) is 5.88. The molecule has 1 aliphatic carbocycles. The molecule has 24 heavy (non-hydrogen) atoms. The van der Waals surface area contributed by atoms with E-state index in [1.807, 2.05) is 0 Å². The van der Waals surface area contributed by atoms with Crippen LogP contribution in [-0.4, -0.2) is 21.9 Å². The van der Waals surface area contributed by atoms with E-state index in [1.54, 1.807) is 24.3 Å². The molecule has 1 amide bonds. The number of halogens is 2. The first-order valence-corrected chi connectivity index (χ1v) is 8.72. The average molecular weight is 365 g/mol. The summed E-state index contributed by atoms with van der Waals surface area (Å²) in [6.45, 7) is 0. The molecule has 0 radical (unpaired) electrons. The molecule has 0 unspecified atom stereocenters. The van der Waals surface area contributed by atoms with Crippen molar-refractivity contribution in [3.63, 3.8) is 0 Å². The van der Waals surface area contributed by atoms with Crippen molar-refractivity contribution < 1.29 is 4.79 Å². The van der Waals surface area contributed by atoms with E-state index in [-0.39, 0.29) is 11.9 Å². The highest BCUT2D eigenvalue weighted by atomic mass is 35.5. The summed E-state index contributed by atoms with van der Waals surface area (Å²) in [6, 6.07) is 6.98. The Morgan fingerprint density at radius 1 is 1.00 bits per heavy atom. The molecule has 0 atom stereocenters. The molecule has 2 N–H and O–H groups in total. The summed E-state index contributed by atoms with van der Waals surface area (Å²) in [7, 11) is 0. The summed E-state index contributed by atoms with van der Waals surface area (Å²) in [4.78, 5) is 20.6. The summed E-state index contributed by atoms with van der Waals surface area (Å²) >= 11 is 12.0. The normalized spacial score (nSPS) is 15.1. The molecule has 126 valence electrons. The number of nitrogens with zero attached hydrogens (tertiary/aromatic N) is 2. The molecule has 1 aromatic heterocycles. The predicted molar refractivity (Wildman–Crippen MR) is 96.1 cm³/mol. The number of aromatic nitrogens is 2. The van der Waals surface area contributed by atoms with Crippen LogP contribution in [0.25, 0.3) is 0 Å². The predicted octanol–water partition coefficient (Wildman–Crippen LogP) is 4.59. The number of rotatable bonds is 4. The molecule has 5 nitrogen and oxygen atoms in total. The molecule has 1 heterocycles. The lowest BCUT2D eigenvalue weighted by molar-refractivity contribution is 0.0922. The van der Waals surface area contributed by atoms with Crippen molar-refractivity contribution in [1.82, 2.24) is 15.3 Å². The third-order valence-electron chi connectivity index (χ3n) is 3.98. The molecule has 1 fully saturated rings. The van der Waals surface area contributed by atoms with Gasteiger partial charge < -0.3 is 10.6 Å². The summed E-state index contributed by atoms with van der Waals surface area (Å²) in [5.74, 6) is 0.341. The molecule has 1 aromatic carbocycles. The Labute approximate surface area is 150 Å². The second kappa shape index (κ2) is 7.81. The molecule has 0 saturated heterocycles. The van der Waals surface area contributed by atoms with Crippen LogP contribution < -0.4 is 10.6 Å². The van der Waals surface area contributed by atoms with Crippen LogP contribution in [0.3, 0.4) is 0 Å². The first kappa shape index (κ1) is 17.0. The van der Waals surface area contributed by atoms with Crippen molar-refractivity contribution in [2.45, 2.75) is 38.1 Å². The molecule has 0 spiro atoms. The molecule has 0 aliphatic heterocycles. The average Bonchev–Trinajstić information content (AvgIpc) is 2.55. The standard InChI is InChI=1S/C17H18Cl2N4O/c18-11-6-12(19)8-14(7-11)22-16-9-15(20-10-21-16)17(24)23-13-4-2-1-3-5-13/h6-10,13H,1-5H2,(H,23,24)(H,20,21,22). The van der Waals surface area contributed by atoms with Crippen molar-refractivity contribution in [1.29, 1.82) is 0 Å². The van der Waals surface area contributed by atoms with Crippen LogP contribution in [0, 0.1) is 0 Å². The van der Waals surface area contributed by atoms with E-state index in [0.717, 1.165) is 25.7 Å². The number of benzene rings is 1. The first-order valence-electron chi connectivity index (χ1n) is 7.96. The van der Waals surface area contributed by atoms with Gasteiger partial charge in [-0.25, -0.2) is 9.97 Å². The lowest BCUT2D eigenvalue weighted by atomic mass is 9.95. The Morgan fingerprint density at radius 2 is 1.71 bits per heavy atom. The first-order chi connectivity index (χ1) is 11.6. The number of anilines is 2. The Kier molecular flexibility index (Phi) is 5.53. The van der Waals surface area contributed by atoms with Gasteiger partial charge in [-0.1, -0.05) is 42.5 Å². The van der Waals surface area contributed by atoms with Gasteiger partial charge in [-0.15, -0.1) is 0 Å². The van der Waals surface area contributed by atoms with Crippen LogP contribution in [0.2, 0.25) is 10.0 Å². The van der Waals surface area contributed by atoms with Crippen molar-refractivity contribution in [3.05, 3.63) is 46.3 Å². The van der Waals surface area contributed by atoms with E-state index in [9.17, 15) is 4.79 Å². The van der Waals surface area contributed by atoms with E-state index in [1.165, 1.54) is 12.7 Å². The zero-order valence-electron chi connectivity index (χ0n) is 13.1. The van der Waals surface area contributed by atoms with E-state index in [0.29, 0.717) is 27.2 Å². The van der Waals surface area contributed by atoms with E-state index in [2.05, 4.69) is 20.6 Å². The number of carbonyl (C=O) groups is 1. The molecular weight excluding hydrogens is 347 g/mol. The molecular formula is C17H18Cl2N4O. The zero-order chi connectivity index (χ0) is 16.9. The minimum Gasteiger partial charge on any atom is -0.348 e. The Balaban J connectivity index is 1.70. The Morgan fingerprint density at radius 3 is 2.42 bits per heavy atom. The van der Waals surface area contributed by atoms with Crippen molar-refractivity contribution >= 4 is 40.6 Å². The summed E-state index contributed by atoms with van der Waals surface area (Å²) in [6.07, 6.45) is 7.00. The minimum atomic E-state index is -0.170. The highest BCUT2D eigenvalue weighted by Gasteiger charge is 2.17. The van der Waals surface area contributed by atoms with Gasteiger partial charge in [0.05, 0.1) is 0 Å². The Bertz CT molecular complexity index is 712. The molecule has 1 saturated carbocycles. The highest BCUT2D eigenvalue weighted by molar-refractivity contribution is 6.35. The van der Waals surface area contributed by atoms with Crippen LogP contribution in [-0.2, 0) is 0 Å². The smallest absolute Gasteiger partial charge is 0.270 e. The number of hydrogen-bond acceptors (Lipinski definition) is 4. The number of amides is 1. The highest BCUT2D eigenvalue weighted by Crippen LogP contribution is 2.24. The van der Waals surface area contributed by atoms with Gasteiger partial charge in [0.2, 0.25) is 0 Å². The van der Waals surface area contributed by atoms with Gasteiger partial charge >= 0.3 is 0 Å². The zero-order valence-corrected chi connectivity index (χ0v) is 14.6. The Hall–Kier alpha value is -1.85. The lowest BCUT2D eigenvalue weighted by Gasteiger charge is -2.22. The van der Waals surface area contributed by atoms with Crippen molar-refractivity contribution in [2.24, 2.45) is 0 Å². The molecule has 7 heteroatoms. The second-order valence-corrected chi connectivity index (χ2v) is 6.75. The van der Waals surface area contributed by atoms with Gasteiger partial charge in [-0.2, -0.15) is 0 Å². The van der Waals surface area contributed by atoms with Crippen LogP contribution >= 0.6 is 23.2 Å². The number of nitrogens with one attached hydrogen (secondary N) is 2. The number of carbonyl (C=O) groups excluding carboxylic acids is 1. The third-order valence-corrected chi connectivity index (χ3v) is 4.41.